The standard InChI is InChI=1S/C10H11NO5/c1-7(12)6-16-10-4-3-8(15-2)5-9(10)11(13)14/h3-5H,6H2,1-2H3. The topological polar surface area (TPSA) is 78.7 Å². The number of ether oxygens (including phenoxy) is 2. The summed E-state index contributed by atoms with van der Waals surface area (Å²) in [6, 6.07) is 4.18. The highest BCUT2D eigenvalue weighted by atomic mass is 16.6. The Kier molecular flexibility index (Phi) is 3.82. The molecular weight excluding hydrogens is 214 g/mol. The highest BCUT2D eigenvalue weighted by Crippen LogP contribution is 2.30. The van der Waals surface area contributed by atoms with E-state index in [9.17, 15) is 14.9 Å². The molecule has 86 valence electrons. The summed E-state index contributed by atoms with van der Waals surface area (Å²) in [5.74, 6) is 0.216. The van der Waals surface area contributed by atoms with Crippen LogP contribution in [0.2, 0.25) is 0 Å². The first-order valence-electron chi connectivity index (χ1n) is 4.49. The molecule has 1 aromatic carbocycles. The Morgan fingerprint density at radius 2 is 2.19 bits per heavy atom. The van der Waals surface area contributed by atoms with Crippen LogP contribution in [-0.4, -0.2) is 24.4 Å². The van der Waals surface area contributed by atoms with Crippen LogP contribution in [0.25, 0.3) is 0 Å². The average molecular weight is 225 g/mol. The van der Waals surface area contributed by atoms with Gasteiger partial charge in [0.25, 0.3) is 0 Å². The first kappa shape index (κ1) is 12.0. The van der Waals surface area contributed by atoms with E-state index >= 15 is 0 Å². The lowest BCUT2D eigenvalue weighted by molar-refractivity contribution is -0.385. The Bertz CT molecular complexity index is 416. The molecule has 1 aromatic rings. The summed E-state index contributed by atoms with van der Waals surface area (Å²) in [5, 5.41) is 10.7. The van der Waals surface area contributed by atoms with E-state index in [4.69, 9.17) is 9.47 Å². The molecule has 1 rings (SSSR count). The minimum Gasteiger partial charge on any atom is -0.496 e. The van der Waals surface area contributed by atoms with Gasteiger partial charge in [0, 0.05) is 0 Å². The number of hydrogen-bond donors (Lipinski definition) is 0. The average Bonchev–Trinajstić information content (AvgIpc) is 2.25. The van der Waals surface area contributed by atoms with Gasteiger partial charge in [-0.2, -0.15) is 0 Å². The van der Waals surface area contributed by atoms with Gasteiger partial charge in [-0.25, -0.2) is 0 Å². The maximum absolute atomic E-state index is 10.7. The van der Waals surface area contributed by atoms with Crippen LogP contribution in [0.5, 0.6) is 11.5 Å². The number of carbonyl (C=O) groups excluding carboxylic acids is 1. The Balaban J connectivity index is 2.98. The van der Waals surface area contributed by atoms with E-state index < -0.39 is 4.92 Å². The number of carbonyl (C=O) groups is 1. The molecule has 16 heavy (non-hydrogen) atoms. The van der Waals surface area contributed by atoms with Crippen molar-refractivity contribution < 1.29 is 19.2 Å². The van der Waals surface area contributed by atoms with Crippen LogP contribution < -0.4 is 9.47 Å². The minimum atomic E-state index is -0.585. The molecule has 0 amide bonds. The number of nitro benzene ring substituents is 1. The number of benzene rings is 1. The first-order chi connectivity index (χ1) is 7.54. The van der Waals surface area contributed by atoms with Crippen molar-refractivity contribution in [2.75, 3.05) is 13.7 Å². The summed E-state index contributed by atoms with van der Waals surface area (Å²) in [6.45, 7) is 1.16. The quantitative estimate of drug-likeness (QED) is 0.561. The fourth-order valence-corrected chi connectivity index (χ4v) is 1.07. The van der Waals surface area contributed by atoms with Crippen LogP contribution in [-0.2, 0) is 4.79 Å². The largest absolute Gasteiger partial charge is 0.496 e. The molecule has 0 aliphatic heterocycles. The predicted octanol–water partition coefficient (Wildman–Crippen LogP) is 1.57. The van der Waals surface area contributed by atoms with Crippen LogP contribution in [0.4, 0.5) is 5.69 Å². The van der Waals surface area contributed by atoms with Crippen molar-refractivity contribution in [3.8, 4) is 11.5 Å². The first-order valence-corrected chi connectivity index (χ1v) is 4.49. The lowest BCUT2D eigenvalue weighted by Gasteiger charge is -2.06. The molecule has 0 N–H and O–H groups in total. The lowest BCUT2D eigenvalue weighted by Crippen LogP contribution is -2.07. The molecule has 6 nitrogen and oxygen atoms in total. The van der Waals surface area contributed by atoms with Crippen molar-refractivity contribution in [2.45, 2.75) is 6.92 Å². The van der Waals surface area contributed by atoms with Gasteiger partial charge in [0.05, 0.1) is 18.1 Å². The van der Waals surface area contributed by atoms with Crippen LogP contribution in [0.15, 0.2) is 18.2 Å². The van der Waals surface area contributed by atoms with E-state index in [0.29, 0.717) is 5.75 Å². The molecule has 0 saturated heterocycles. The third-order valence-corrected chi connectivity index (χ3v) is 1.79. The summed E-state index contributed by atoms with van der Waals surface area (Å²) >= 11 is 0. The van der Waals surface area contributed by atoms with Gasteiger partial charge in [-0.05, 0) is 19.1 Å². The third-order valence-electron chi connectivity index (χ3n) is 1.79. The van der Waals surface area contributed by atoms with Crippen molar-refractivity contribution in [1.82, 2.24) is 0 Å². The second-order valence-electron chi connectivity index (χ2n) is 3.08. The Morgan fingerprint density at radius 1 is 1.50 bits per heavy atom. The number of ketones is 1. The molecule has 0 spiro atoms. The van der Waals surface area contributed by atoms with Crippen molar-refractivity contribution in [1.29, 1.82) is 0 Å². The molecule has 0 unspecified atom stereocenters. The van der Waals surface area contributed by atoms with Gasteiger partial charge in [-0.3, -0.25) is 14.9 Å². The fraction of sp³-hybridized carbons (Fsp3) is 0.300. The van der Waals surface area contributed by atoms with Crippen molar-refractivity contribution in [3.05, 3.63) is 28.3 Å². The molecule has 0 bridgehead atoms. The lowest BCUT2D eigenvalue weighted by atomic mass is 10.3. The number of hydrogen-bond acceptors (Lipinski definition) is 5. The Labute approximate surface area is 91.9 Å². The van der Waals surface area contributed by atoms with E-state index in [0.717, 1.165) is 0 Å². The van der Waals surface area contributed by atoms with E-state index in [1.165, 1.54) is 32.2 Å². The number of methoxy groups -OCH3 is 1. The van der Waals surface area contributed by atoms with E-state index in [2.05, 4.69) is 0 Å². The van der Waals surface area contributed by atoms with Gasteiger partial charge in [0.2, 0.25) is 0 Å². The molecule has 0 aliphatic carbocycles. The monoisotopic (exact) mass is 225 g/mol. The smallest absolute Gasteiger partial charge is 0.314 e. The zero-order valence-electron chi connectivity index (χ0n) is 8.93. The fourth-order valence-electron chi connectivity index (χ4n) is 1.07. The maximum Gasteiger partial charge on any atom is 0.314 e. The Hall–Kier alpha value is -2.11. The molecule has 0 heterocycles. The molecule has 6 heteroatoms. The zero-order chi connectivity index (χ0) is 12.1. The summed E-state index contributed by atoms with van der Waals surface area (Å²) < 4.78 is 9.87. The molecule has 0 atom stereocenters. The highest BCUT2D eigenvalue weighted by molar-refractivity contribution is 5.77. The third kappa shape index (κ3) is 2.94. The van der Waals surface area contributed by atoms with Gasteiger partial charge in [-0.1, -0.05) is 0 Å². The SMILES string of the molecule is COc1ccc(OCC(C)=O)c([N+](=O)[O-])c1. The van der Waals surface area contributed by atoms with Crippen LogP contribution in [0.1, 0.15) is 6.92 Å². The van der Waals surface area contributed by atoms with Gasteiger partial charge < -0.3 is 9.47 Å². The summed E-state index contributed by atoms with van der Waals surface area (Å²) in [7, 11) is 1.41. The number of rotatable bonds is 5. The Morgan fingerprint density at radius 3 is 2.69 bits per heavy atom. The molecular formula is C10H11NO5. The zero-order valence-corrected chi connectivity index (χ0v) is 8.93. The second kappa shape index (κ2) is 5.11. The molecule has 0 aromatic heterocycles. The van der Waals surface area contributed by atoms with Crippen molar-refractivity contribution in [2.24, 2.45) is 0 Å². The molecule has 0 saturated carbocycles. The van der Waals surface area contributed by atoms with Gasteiger partial charge in [-0.15, -0.1) is 0 Å². The van der Waals surface area contributed by atoms with E-state index in [1.54, 1.807) is 0 Å². The molecule has 0 aliphatic rings. The molecule has 0 fully saturated rings. The van der Waals surface area contributed by atoms with Crippen LogP contribution in [0.3, 0.4) is 0 Å². The van der Waals surface area contributed by atoms with Crippen LogP contribution in [0, 0.1) is 10.1 Å². The number of nitro groups is 1. The summed E-state index contributed by atoms with van der Waals surface area (Å²) in [4.78, 5) is 20.8. The predicted molar refractivity (Wildman–Crippen MR) is 55.8 cm³/mol. The minimum absolute atomic E-state index is 0.0565. The molecule has 0 radical (unpaired) electrons. The summed E-state index contributed by atoms with van der Waals surface area (Å²) in [6.07, 6.45) is 0. The highest BCUT2D eigenvalue weighted by Gasteiger charge is 2.16. The van der Waals surface area contributed by atoms with Gasteiger partial charge >= 0.3 is 5.69 Å². The normalized spacial score (nSPS) is 9.62. The van der Waals surface area contributed by atoms with E-state index in [1.807, 2.05) is 0 Å². The maximum atomic E-state index is 10.7. The van der Waals surface area contributed by atoms with Gasteiger partial charge in [0.1, 0.15) is 12.4 Å². The number of Topliss-reactive ketones (excluding diaryl/α,β-unsaturated/α-hetero) is 1. The van der Waals surface area contributed by atoms with Gasteiger partial charge in [0.15, 0.2) is 11.5 Å². The van der Waals surface area contributed by atoms with E-state index in [-0.39, 0.29) is 23.8 Å². The second-order valence-corrected chi connectivity index (χ2v) is 3.08. The van der Waals surface area contributed by atoms with Crippen LogP contribution >= 0.6 is 0 Å². The van der Waals surface area contributed by atoms with Crippen molar-refractivity contribution >= 4 is 11.5 Å². The summed E-state index contributed by atoms with van der Waals surface area (Å²) in [5.41, 5.74) is -0.222. The van der Waals surface area contributed by atoms with Crippen molar-refractivity contribution in [3.63, 3.8) is 0 Å². The number of nitrogens with zero attached hydrogens (tertiary/aromatic N) is 1.